The second kappa shape index (κ2) is 13.1. The van der Waals surface area contributed by atoms with E-state index in [0.717, 1.165) is 9.21 Å². The van der Waals surface area contributed by atoms with Crippen LogP contribution in [0.2, 0.25) is 10.0 Å². The third-order valence-corrected chi connectivity index (χ3v) is 8.41. The molecule has 0 radical (unpaired) electrons. The van der Waals surface area contributed by atoms with Crippen molar-refractivity contribution in [3.63, 3.8) is 0 Å². The zero-order valence-electron chi connectivity index (χ0n) is 20.9. The number of nitrogens with one attached hydrogen (secondary N) is 1. The van der Waals surface area contributed by atoms with E-state index in [9.17, 15) is 22.4 Å². The number of hydrogen-bond acceptors (Lipinski definition) is 4. The molecule has 7 nitrogen and oxygen atoms in total. The molecule has 2 amide bonds. The molecule has 0 spiro atoms. The van der Waals surface area contributed by atoms with Gasteiger partial charge in [-0.05, 0) is 43.7 Å². The largest absolute Gasteiger partial charge is 0.354 e. The van der Waals surface area contributed by atoms with Crippen molar-refractivity contribution in [1.29, 1.82) is 0 Å². The molecule has 0 saturated heterocycles. The lowest BCUT2D eigenvalue weighted by molar-refractivity contribution is -0.139. The SMILES string of the molecule is CCCNC(=O)[C@H](C)N(Cc1ccccc1F)C(=O)CN(c1cccc(Cl)c1Cl)S(=O)(=O)c1ccccc1. The number of rotatable bonds is 11. The third kappa shape index (κ3) is 6.83. The molecule has 0 bridgehead atoms. The van der Waals surface area contributed by atoms with Gasteiger partial charge in [-0.25, -0.2) is 12.8 Å². The van der Waals surface area contributed by atoms with Gasteiger partial charge in [0, 0.05) is 18.7 Å². The topological polar surface area (TPSA) is 86.8 Å². The molecule has 38 heavy (non-hydrogen) atoms. The van der Waals surface area contributed by atoms with Crippen LogP contribution in [0.4, 0.5) is 10.1 Å². The number of anilines is 1. The molecule has 11 heteroatoms. The lowest BCUT2D eigenvalue weighted by Gasteiger charge is -2.32. The summed E-state index contributed by atoms with van der Waals surface area (Å²) in [6.45, 7) is 2.81. The summed E-state index contributed by atoms with van der Waals surface area (Å²) in [4.78, 5) is 27.7. The Labute approximate surface area is 232 Å². The smallest absolute Gasteiger partial charge is 0.264 e. The Morgan fingerprint density at radius 3 is 2.29 bits per heavy atom. The molecule has 1 atom stereocenters. The summed E-state index contributed by atoms with van der Waals surface area (Å²) in [5.74, 6) is -1.74. The first kappa shape index (κ1) is 29.4. The van der Waals surface area contributed by atoms with Crippen LogP contribution in [0.15, 0.2) is 77.7 Å². The van der Waals surface area contributed by atoms with Crippen LogP contribution in [0.5, 0.6) is 0 Å². The Morgan fingerprint density at radius 1 is 0.974 bits per heavy atom. The zero-order chi connectivity index (χ0) is 27.9. The lowest BCUT2D eigenvalue weighted by Crippen LogP contribution is -2.51. The minimum atomic E-state index is -4.29. The Bertz CT molecular complexity index is 1390. The summed E-state index contributed by atoms with van der Waals surface area (Å²) in [5, 5.41) is 2.77. The number of carbonyl (C=O) groups excluding carboxylic acids is 2. The Kier molecular flexibility index (Phi) is 10.1. The van der Waals surface area contributed by atoms with E-state index in [-0.39, 0.29) is 32.7 Å². The maximum atomic E-state index is 14.5. The first-order valence-electron chi connectivity index (χ1n) is 11.9. The summed E-state index contributed by atoms with van der Waals surface area (Å²) in [7, 11) is -4.29. The Morgan fingerprint density at radius 2 is 1.63 bits per heavy atom. The fourth-order valence-corrected chi connectivity index (χ4v) is 5.60. The van der Waals surface area contributed by atoms with Crippen molar-refractivity contribution in [3.8, 4) is 0 Å². The highest BCUT2D eigenvalue weighted by molar-refractivity contribution is 7.92. The molecule has 0 unspecified atom stereocenters. The fraction of sp³-hybridized carbons (Fsp3) is 0.259. The Hall–Kier alpha value is -3.14. The number of hydrogen-bond donors (Lipinski definition) is 1. The van der Waals surface area contributed by atoms with E-state index < -0.39 is 40.2 Å². The highest BCUT2D eigenvalue weighted by Gasteiger charge is 2.33. The lowest BCUT2D eigenvalue weighted by atomic mass is 10.1. The molecule has 0 saturated carbocycles. The number of carbonyl (C=O) groups is 2. The zero-order valence-corrected chi connectivity index (χ0v) is 23.2. The van der Waals surface area contributed by atoms with Gasteiger partial charge < -0.3 is 10.2 Å². The second-order valence-corrected chi connectivity index (χ2v) is 11.1. The Balaban J connectivity index is 2.06. The van der Waals surface area contributed by atoms with Gasteiger partial charge in [0.05, 0.1) is 20.6 Å². The molecule has 3 aromatic carbocycles. The van der Waals surface area contributed by atoms with E-state index in [1.807, 2.05) is 6.92 Å². The molecule has 0 aliphatic carbocycles. The first-order chi connectivity index (χ1) is 18.1. The van der Waals surface area contributed by atoms with Crippen LogP contribution in [0.1, 0.15) is 25.8 Å². The molecule has 202 valence electrons. The van der Waals surface area contributed by atoms with E-state index >= 15 is 0 Å². The standard InChI is InChI=1S/C27H28Cl2FN3O4S/c1-3-16-31-27(35)19(2)32(17-20-10-7-8-14-23(20)30)25(34)18-33(24-15-9-13-22(28)26(24)29)38(36,37)21-11-5-4-6-12-21/h4-15,19H,3,16-18H2,1-2H3,(H,31,35)/t19-/m0/s1. The van der Waals surface area contributed by atoms with Crippen LogP contribution in [-0.2, 0) is 26.2 Å². The van der Waals surface area contributed by atoms with Gasteiger partial charge in [0.15, 0.2) is 0 Å². The maximum Gasteiger partial charge on any atom is 0.264 e. The van der Waals surface area contributed by atoms with Crippen LogP contribution in [0, 0.1) is 5.82 Å². The average molecular weight is 581 g/mol. The van der Waals surface area contributed by atoms with Gasteiger partial charge in [-0.3, -0.25) is 13.9 Å². The number of sulfonamides is 1. The minimum Gasteiger partial charge on any atom is -0.354 e. The number of amides is 2. The monoisotopic (exact) mass is 579 g/mol. The second-order valence-electron chi connectivity index (χ2n) is 8.48. The van der Waals surface area contributed by atoms with Crippen LogP contribution in [0.3, 0.4) is 0 Å². The molecule has 3 rings (SSSR count). The molecule has 1 N–H and O–H groups in total. The third-order valence-electron chi connectivity index (χ3n) is 5.83. The maximum absolute atomic E-state index is 14.5. The summed E-state index contributed by atoms with van der Waals surface area (Å²) in [6.07, 6.45) is 0.677. The van der Waals surface area contributed by atoms with Crippen LogP contribution < -0.4 is 9.62 Å². The summed E-state index contributed by atoms with van der Waals surface area (Å²) in [6, 6.07) is 16.8. The van der Waals surface area contributed by atoms with Gasteiger partial charge in [0.25, 0.3) is 10.0 Å². The number of benzene rings is 3. The van der Waals surface area contributed by atoms with Crippen LogP contribution in [0.25, 0.3) is 0 Å². The van der Waals surface area contributed by atoms with Crippen molar-refractivity contribution in [2.45, 2.75) is 37.8 Å². The van der Waals surface area contributed by atoms with Crippen molar-refractivity contribution in [2.75, 3.05) is 17.4 Å². The molecule has 0 aliphatic heterocycles. The highest BCUT2D eigenvalue weighted by atomic mass is 35.5. The minimum absolute atomic E-state index is 0.00898. The summed E-state index contributed by atoms with van der Waals surface area (Å²) in [5.41, 5.74) is 0.166. The predicted molar refractivity (Wildman–Crippen MR) is 147 cm³/mol. The van der Waals surface area contributed by atoms with Crippen molar-refractivity contribution in [2.24, 2.45) is 0 Å². The molecule has 0 aromatic heterocycles. The molecular formula is C27H28Cl2FN3O4S. The van der Waals surface area contributed by atoms with Crippen molar-refractivity contribution < 1.29 is 22.4 Å². The molecule has 0 heterocycles. The molecule has 0 aliphatic rings. The molecular weight excluding hydrogens is 552 g/mol. The first-order valence-corrected chi connectivity index (χ1v) is 14.1. The van der Waals surface area contributed by atoms with Gasteiger partial charge in [-0.1, -0.05) is 72.6 Å². The van der Waals surface area contributed by atoms with E-state index in [1.54, 1.807) is 24.3 Å². The van der Waals surface area contributed by atoms with Crippen LogP contribution in [-0.4, -0.2) is 44.3 Å². The fourth-order valence-electron chi connectivity index (χ4n) is 3.71. The predicted octanol–water partition coefficient (Wildman–Crippen LogP) is 5.27. The molecule has 3 aromatic rings. The van der Waals surface area contributed by atoms with Gasteiger partial charge in [-0.15, -0.1) is 0 Å². The normalized spacial score (nSPS) is 12.0. The number of nitrogens with zero attached hydrogens (tertiary/aromatic N) is 2. The van der Waals surface area contributed by atoms with Gasteiger partial charge >= 0.3 is 0 Å². The van der Waals surface area contributed by atoms with E-state index in [4.69, 9.17) is 23.2 Å². The van der Waals surface area contributed by atoms with Gasteiger partial charge in [-0.2, -0.15) is 0 Å². The van der Waals surface area contributed by atoms with Crippen molar-refractivity contribution in [3.05, 3.63) is 94.2 Å². The van der Waals surface area contributed by atoms with Crippen LogP contribution >= 0.6 is 23.2 Å². The highest BCUT2D eigenvalue weighted by Crippen LogP contribution is 2.35. The van der Waals surface area contributed by atoms with Crippen molar-refractivity contribution >= 4 is 50.7 Å². The summed E-state index contributed by atoms with van der Waals surface area (Å²) >= 11 is 12.6. The van der Waals surface area contributed by atoms with Crippen molar-refractivity contribution in [1.82, 2.24) is 10.2 Å². The van der Waals surface area contributed by atoms with E-state index in [1.165, 1.54) is 55.5 Å². The van der Waals surface area contributed by atoms with Gasteiger partial charge in [0.2, 0.25) is 11.8 Å². The quantitative estimate of drug-likeness (QED) is 0.335. The van der Waals surface area contributed by atoms with E-state index in [0.29, 0.717) is 13.0 Å². The molecule has 0 fully saturated rings. The summed E-state index contributed by atoms with van der Waals surface area (Å²) < 4.78 is 42.8. The van der Waals surface area contributed by atoms with Gasteiger partial charge in [0.1, 0.15) is 18.4 Å². The number of halogens is 3. The average Bonchev–Trinajstić information content (AvgIpc) is 2.91. The van der Waals surface area contributed by atoms with E-state index in [2.05, 4.69) is 5.32 Å².